The van der Waals surface area contributed by atoms with Gasteiger partial charge in [0.25, 0.3) is 0 Å². The quantitative estimate of drug-likeness (QED) is 0.919. The highest BCUT2D eigenvalue weighted by Crippen LogP contribution is 2.29. The van der Waals surface area contributed by atoms with E-state index in [4.69, 9.17) is 23.2 Å². The fourth-order valence-corrected chi connectivity index (χ4v) is 2.90. The summed E-state index contributed by atoms with van der Waals surface area (Å²) in [6.07, 6.45) is 0.611. The summed E-state index contributed by atoms with van der Waals surface area (Å²) in [5.74, 6) is -0.0848. The molecule has 0 bridgehead atoms. The Morgan fingerprint density at radius 1 is 1.17 bits per heavy atom. The molecule has 1 N–H and O–H groups in total. The van der Waals surface area contributed by atoms with E-state index in [2.05, 4.69) is 5.32 Å². The van der Waals surface area contributed by atoms with Gasteiger partial charge in [0, 0.05) is 18.4 Å². The molecule has 0 spiro atoms. The second-order valence-corrected chi connectivity index (χ2v) is 6.26. The molecule has 0 unspecified atom stereocenters. The zero-order chi connectivity index (χ0) is 16.6. The van der Waals surface area contributed by atoms with Gasteiger partial charge in [-0.15, -0.1) is 0 Å². The fraction of sp³-hybridized carbons (Fsp3) is 0.176. The lowest BCUT2D eigenvalue weighted by atomic mass is 10.1. The molecule has 0 radical (unpaired) electrons. The van der Waals surface area contributed by atoms with Crippen LogP contribution in [-0.4, -0.2) is 18.9 Å². The minimum atomic E-state index is -0.152. The molecular formula is C17H14Cl2N2O2. The maximum absolute atomic E-state index is 12.1. The third kappa shape index (κ3) is 3.33. The van der Waals surface area contributed by atoms with Gasteiger partial charge in [0.1, 0.15) is 0 Å². The van der Waals surface area contributed by atoms with Crippen LogP contribution in [0, 0.1) is 0 Å². The van der Waals surface area contributed by atoms with Crippen molar-refractivity contribution in [1.82, 2.24) is 0 Å². The number of carbonyl (C=O) groups excluding carboxylic acids is 2. The lowest BCUT2D eigenvalue weighted by molar-refractivity contribution is -0.117. The highest BCUT2D eigenvalue weighted by molar-refractivity contribution is 6.42. The van der Waals surface area contributed by atoms with Crippen LogP contribution in [0.1, 0.15) is 11.1 Å². The number of rotatable bonds is 3. The Morgan fingerprint density at radius 2 is 1.96 bits per heavy atom. The van der Waals surface area contributed by atoms with Crippen LogP contribution in [0.5, 0.6) is 0 Å². The number of hydrogen-bond donors (Lipinski definition) is 1. The Labute approximate surface area is 144 Å². The van der Waals surface area contributed by atoms with Gasteiger partial charge < -0.3 is 10.2 Å². The van der Waals surface area contributed by atoms with Crippen LogP contribution in [0.4, 0.5) is 11.4 Å². The number of fused-ring (bicyclic) bond motifs is 1. The Bertz CT molecular complexity index is 805. The van der Waals surface area contributed by atoms with Gasteiger partial charge in [0.2, 0.25) is 11.8 Å². The molecule has 0 aromatic heterocycles. The Kier molecular flexibility index (Phi) is 4.28. The van der Waals surface area contributed by atoms with E-state index in [0.717, 1.165) is 16.8 Å². The van der Waals surface area contributed by atoms with Crippen molar-refractivity contribution >= 4 is 46.4 Å². The summed E-state index contributed by atoms with van der Waals surface area (Å²) in [5, 5.41) is 3.62. The average Bonchev–Trinajstić information content (AvgIpc) is 2.77. The van der Waals surface area contributed by atoms with E-state index < -0.39 is 0 Å². The molecule has 2 aromatic rings. The maximum atomic E-state index is 12.1. The van der Waals surface area contributed by atoms with E-state index in [0.29, 0.717) is 22.2 Å². The number of amides is 2. The predicted octanol–water partition coefficient (Wildman–Crippen LogP) is 3.69. The van der Waals surface area contributed by atoms with Crippen LogP contribution in [0.2, 0.25) is 10.0 Å². The van der Waals surface area contributed by atoms with Crippen molar-refractivity contribution in [2.75, 3.05) is 17.3 Å². The predicted molar refractivity (Wildman–Crippen MR) is 92.4 cm³/mol. The largest absolute Gasteiger partial charge is 0.326 e. The summed E-state index contributed by atoms with van der Waals surface area (Å²) in [5.41, 5.74) is 3.32. The second kappa shape index (κ2) is 6.22. The first-order valence-corrected chi connectivity index (χ1v) is 7.83. The van der Waals surface area contributed by atoms with Gasteiger partial charge >= 0.3 is 0 Å². The molecule has 0 saturated heterocycles. The minimum absolute atomic E-state index is 0.0670. The van der Waals surface area contributed by atoms with E-state index in [-0.39, 0.29) is 18.2 Å². The number of nitrogens with one attached hydrogen (secondary N) is 1. The van der Waals surface area contributed by atoms with Gasteiger partial charge in [-0.25, -0.2) is 0 Å². The molecule has 0 aliphatic carbocycles. The van der Waals surface area contributed by atoms with E-state index >= 15 is 0 Å². The molecular weight excluding hydrogens is 335 g/mol. The summed E-state index contributed by atoms with van der Waals surface area (Å²) in [7, 11) is 1.75. The van der Waals surface area contributed by atoms with Gasteiger partial charge in [-0.05, 0) is 35.4 Å². The summed E-state index contributed by atoms with van der Waals surface area (Å²) < 4.78 is 0. The highest BCUT2D eigenvalue weighted by atomic mass is 35.5. The first kappa shape index (κ1) is 15.8. The van der Waals surface area contributed by atoms with E-state index in [1.165, 1.54) is 0 Å². The van der Waals surface area contributed by atoms with Gasteiger partial charge in [-0.3, -0.25) is 9.59 Å². The van der Waals surface area contributed by atoms with E-state index in [1.807, 2.05) is 18.2 Å². The molecule has 1 aliphatic heterocycles. The molecule has 2 amide bonds. The summed E-state index contributed by atoms with van der Waals surface area (Å²) in [6.45, 7) is 0. The lowest BCUT2D eigenvalue weighted by Gasteiger charge is -2.11. The molecule has 1 heterocycles. The van der Waals surface area contributed by atoms with Crippen LogP contribution in [0.15, 0.2) is 36.4 Å². The minimum Gasteiger partial charge on any atom is -0.326 e. The third-order valence-electron chi connectivity index (χ3n) is 3.79. The van der Waals surface area contributed by atoms with Crippen molar-refractivity contribution in [2.24, 2.45) is 0 Å². The zero-order valence-corrected chi connectivity index (χ0v) is 13.9. The zero-order valence-electron chi connectivity index (χ0n) is 12.4. The average molecular weight is 349 g/mol. The number of benzene rings is 2. The number of carbonyl (C=O) groups is 2. The van der Waals surface area contributed by atoms with Crippen molar-refractivity contribution in [3.05, 3.63) is 57.6 Å². The maximum Gasteiger partial charge on any atom is 0.231 e. The van der Waals surface area contributed by atoms with Crippen molar-refractivity contribution in [1.29, 1.82) is 0 Å². The topological polar surface area (TPSA) is 49.4 Å². The van der Waals surface area contributed by atoms with Crippen molar-refractivity contribution < 1.29 is 9.59 Å². The van der Waals surface area contributed by atoms with Crippen LogP contribution in [-0.2, 0) is 22.4 Å². The summed E-state index contributed by atoms with van der Waals surface area (Å²) in [6, 6.07) is 10.6. The number of nitrogens with zero attached hydrogens (tertiary/aromatic N) is 1. The first-order chi connectivity index (χ1) is 10.9. The Morgan fingerprint density at radius 3 is 2.70 bits per heavy atom. The standard InChI is InChI=1S/C17H14Cl2N2O2/c1-21-15-5-2-10(6-11(15)8-17(21)23)7-16(22)20-12-3-4-13(18)14(19)9-12/h2-6,9H,7-8H2,1H3,(H,20,22). The molecule has 118 valence electrons. The molecule has 2 aromatic carbocycles. The Hall–Kier alpha value is -2.04. The van der Waals surface area contributed by atoms with Crippen molar-refractivity contribution in [3.63, 3.8) is 0 Å². The SMILES string of the molecule is CN1C(=O)Cc2cc(CC(=O)Nc3ccc(Cl)c(Cl)c3)ccc21. The van der Waals surface area contributed by atoms with Gasteiger partial charge in [-0.2, -0.15) is 0 Å². The number of halogens is 2. The summed E-state index contributed by atoms with van der Waals surface area (Å²) in [4.78, 5) is 25.5. The normalized spacial score (nSPS) is 13.2. The van der Waals surface area contributed by atoms with Gasteiger partial charge in [0.05, 0.1) is 22.9 Å². The molecule has 0 fully saturated rings. The Balaban J connectivity index is 1.70. The molecule has 4 nitrogen and oxygen atoms in total. The second-order valence-electron chi connectivity index (χ2n) is 5.45. The highest BCUT2D eigenvalue weighted by Gasteiger charge is 2.24. The van der Waals surface area contributed by atoms with Crippen LogP contribution < -0.4 is 10.2 Å². The van der Waals surface area contributed by atoms with E-state index in [1.54, 1.807) is 30.1 Å². The molecule has 0 atom stereocenters. The number of anilines is 2. The molecule has 0 saturated carbocycles. The number of likely N-dealkylation sites (N-methyl/N-ethyl adjacent to an activating group) is 1. The lowest BCUT2D eigenvalue weighted by Crippen LogP contribution is -2.20. The molecule has 23 heavy (non-hydrogen) atoms. The van der Waals surface area contributed by atoms with Crippen LogP contribution in [0.3, 0.4) is 0 Å². The van der Waals surface area contributed by atoms with Crippen LogP contribution >= 0.6 is 23.2 Å². The molecule has 1 aliphatic rings. The monoisotopic (exact) mass is 348 g/mol. The fourth-order valence-electron chi connectivity index (χ4n) is 2.60. The van der Waals surface area contributed by atoms with E-state index in [9.17, 15) is 9.59 Å². The van der Waals surface area contributed by atoms with Crippen LogP contribution in [0.25, 0.3) is 0 Å². The van der Waals surface area contributed by atoms with Crippen molar-refractivity contribution in [3.8, 4) is 0 Å². The molecule has 3 rings (SSSR count). The first-order valence-electron chi connectivity index (χ1n) is 7.07. The smallest absolute Gasteiger partial charge is 0.231 e. The third-order valence-corrected chi connectivity index (χ3v) is 4.53. The van der Waals surface area contributed by atoms with Crippen molar-refractivity contribution in [2.45, 2.75) is 12.8 Å². The summed E-state index contributed by atoms with van der Waals surface area (Å²) >= 11 is 11.8. The van der Waals surface area contributed by atoms with Gasteiger partial charge in [0.15, 0.2) is 0 Å². The van der Waals surface area contributed by atoms with Gasteiger partial charge in [-0.1, -0.05) is 35.3 Å². The number of hydrogen-bond acceptors (Lipinski definition) is 2. The molecule has 6 heteroatoms.